The number of rotatable bonds is 1. The molecule has 1 fully saturated rings. The van der Waals surface area contributed by atoms with Crippen LogP contribution in [0.25, 0.3) is 0 Å². The molecule has 0 aromatic heterocycles. The maximum absolute atomic E-state index is 12.1. The van der Waals surface area contributed by atoms with E-state index in [1.165, 1.54) is 6.07 Å². The van der Waals surface area contributed by atoms with E-state index in [0.29, 0.717) is 15.2 Å². The number of hydrogen-bond acceptors (Lipinski definition) is 3. The third-order valence-corrected chi connectivity index (χ3v) is 5.76. The Labute approximate surface area is 124 Å². The van der Waals surface area contributed by atoms with Crippen LogP contribution in [0.4, 0.5) is 5.69 Å². The van der Waals surface area contributed by atoms with Crippen molar-refractivity contribution in [3.8, 4) is 0 Å². The summed E-state index contributed by atoms with van der Waals surface area (Å²) in [6.45, 7) is 0. The quantitative estimate of drug-likeness (QED) is 0.805. The van der Waals surface area contributed by atoms with Crippen molar-refractivity contribution in [1.82, 2.24) is 4.72 Å². The van der Waals surface area contributed by atoms with Gasteiger partial charge < -0.3 is 5.32 Å². The van der Waals surface area contributed by atoms with Gasteiger partial charge in [0.15, 0.2) is 0 Å². The molecule has 5 nitrogen and oxygen atoms in total. The van der Waals surface area contributed by atoms with Crippen LogP contribution in [0, 0.1) is 0 Å². The second-order valence-corrected chi connectivity index (χ2v) is 7.47. The molecule has 0 radical (unpaired) electrons. The number of fused-ring (bicyclic) bond motifs is 1. The molecule has 102 valence electrons. The van der Waals surface area contributed by atoms with Crippen LogP contribution >= 0.6 is 27.5 Å². The number of guanidine groups is 1. The van der Waals surface area contributed by atoms with Gasteiger partial charge in [-0.15, -0.1) is 0 Å². The number of benzene rings is 1. The molecule has 0 amide bonds. The highest BCUT2D eigenvalue weighted by molar-refractivity contribution is 9.10. The van der Waals surface area contributed by atoms with Crippen molar-refractivity contribution >= 4 is 49.2 Å². The Balaban J connectivity index is 2.04. The zero-order valence-corrected chi connectivity index (χ0v) is 12.9. The van der Waals surface area contributed by atoms with Crippen molar-refractivity contribution in [2.45, 2.75) is 30.2 Å². The van der Waals surface area contributed by atoms with Crippen molar-refractivity contribution in [3.05, 3.63) is 21.6 Å². The molecule has 8 heteroatoms. The predicted molar refractivity (Wildman–Crippen MR) is 78.2 cm³/mol. The fourth-order valence-electron chi connectivity index (χ4n) is 1.94. The van der Waals surface area contributed by atoms with E-state index >= 15 is 0 Å². The second kappa shape index (κ2) is 4.64. The molecule has 19 heavy (non-hydrogen) atoms. The summed E-state index contributed by atoms with van der Waals surface area (Å²) in [7, 11) is -3.59. The van der Waals surface area contributed by atoms with Crippen LogP contribution < -0.4 is 10.0 Å². The lowest BCUT2D eigenvalue weighted by molar-refractivity contribution is 0.419. The number of anilines is 1. The van der Waals surface area contributed by atoms with E-state index < -0.39 is 10.0 Å². The first-order valence-electron chi connectivity index (χ1n) is 5.82. The average Bonchev–Trinajstić information content (AvgIpc) is 2.26. The van der Waals surface area contributed by atoms with Gasteiger partial charge in [0, 0.05) is 4.47 Å². The lowest BCUT2D eigenvalue weighted by atomic mass is 9.94. The predicted octanol–water partition coefficient (Wildman–Crippen LogP) is 2.71. The topological polar surface area (TPSA) is 70.6 Å². The summed E-state index contributed by atoms with van der Waals surface area (Å²) in [5.74, 6) is 0.274. The first kappa shape index (κ1) is 13.2. The Kier molecular flexibility index (Phi) is 3.23. The van der Waals surface area contributed by atoms with Crippen LogP contribution in [0.15, 0.2) is 26.5 Å². The summed E-state index contributed by atoms with van der Waals surface area (Å²) in [5.41, 5.74) is 0.449. The van der Waals surface area contributed by atoms with Gasteiger partial charge in [0.1, 0.15) is 4.90 Å². The highest BCUT2D eigenvalue weighted by Crippen LogP contribution is 2.34. The third-order valence-electron chi connectivity index (χ3n) is 3.18. The minimum atomic E-state index is -3.59. The molecular weight excluding hydrogens is 354 g/mol. The Hall–Kier alpha value is -0.790. The summed E-state index contributed by atoms with van der Waals surface area (Å²) < 4.78 is 27.3. The van der Waals surface area contributed by atoms with Crippen LogP contribution in [-0.2, 0) is 10.0 Å². The van der Waals surface area contributed by atoms with Gasteiger partial charge in [0.2, 0.25) is 5.96 Å². The van der Waals surface area contributed by atoms with Gasteiger partial charge >= 0.3 is 0 Å². The van der Waals surface area contributed by atoms with Crippen LogP contribution in [0.3, 0.4) is 0 Å². The van der Waals surface area contributed by atoms with E-state index in [2.05, 4.69) is 31.0 Å². The molecule has 0 atom stereocenters. The Morgan fingerprint density at radius 3 is 2.74 bits per heavy atom. The minimum Gasteiger partial charge on any atom is -0.324 e. The van der Waals surface area contributed by atoms with Crippen molar-refractivity contribution in [2.24, 2.45) is 4.99 Å². The van der Waals surface area contributed by atoms with Gasteiger partial charge in [-0.25, -0.2) is 18.1 Å². The number of aliphatic imine (C=N–C) groups is 1. The Bertz CT molecular complexity index is 671. The fraction of sp³-hybridized carbons (Fsp3) is 0.364. The van der Waals surface area contributed by atoms with E-state index in [-0.39, 0.29) is 16.9 Å². The van der Waals surface area contributed by atoms with Gasteiger partial charge in [-0.2, -0.15) is 0 Å². The highest BCUT2D eigenvalue weighted by Gasteiger charge is 2.29. The van der Waals surface area contributed by atoms with Gasteiger partial charge in [-0.3, -0.25) is 0 Å². The molecule has 0 bridgehead atoms. The van der Waals surface area contributed by atoms with Gasteiger partial charge in [0.05, 0.1) is 16.8 Å². The van der Waals surface area contributed by atoms with E-state index in [4.69, 9.17) is 11.6 Å². The molecule has 1 saturated carbocycles. The first-order chi connectivity index (χ1) is 8.95. The molecule has 1 heterocycles. The second-order valence-electron chi connectivity index (χ2n) is 4.56. The first-order valence-corrected chi connectivity index (χ1v) is 8.48. The maximum Gasteiger partial charge on any atom is 0.266 e. The van der Waals surface area contributed by atoms with Gasteiger partial charge in [-0.1, -0.05) is 11.6 Å². The van der Waals surface area contributed by atoms with Crippen LogP contribution in [-0.4, -0.2) is 20.4 Å². The molecule has 0 spiro atoms. The number of sulfonamides is 1. The molecule has 0 unspecified atom stereocenters. The molecule has 3 rings (SSSR count). The summed E-state index contributed by atoms with van der Waals surface area (Å²) in [5, 5.41) is 3.42. The van der Waals surface area contributed by atoms with E-state index in [1.807, 2.05) is 0 Å². The van der Waals surface area contributed by atoms with Crippen LogP contribution in [0.2, 0.25) is 5.02 Å². The zero-order chi connectivity index (χ0) is 13.6. The molecule has 1 aliphatic heterocycles. The van der Waals surface area contributed by atoms with Crippen molar-refractivity contribution in [1.29, 1.82) is 0 Å². The van der Waals surface area contributed by atoms with E-state index in [9.17, 15) is 8.42 Å². The molecule has 0 saturated heterocycles. The molecule has 2 aliphatic rings. The number of halogens is 2. The van der Waals surface area contributed by atoms with Gasteiger partial charge in [0.25, 0.3) is 10.0 Å². The van der Waals surface area contributed by atoms with Gasteiger partial charge in [-0.05, 0) is 47.3 Å². The maximum atomic E-state index is 12.1. The summed E-state index contributed by atoms with van der Waals surface area (Å²) >= 11 is 9.21. The van der Waals surface area contributed by atoms with Crippen LogP contribution in [0.5, 0.6) is 0 Å². The molecule has 1 aromatic rings. The van der Waals surface area contributed by atoms with Crippen LogP contribution in [0.1, 0.15) is 19.3 Å². The molecule has 1 aliphatic carbocycles. The molecule has 2 N–H and O–H groups in total. The summed E-state index contributed by atoms with van der Waals surface area (Å²) in [6, 6.07) is 3.26. The normalized spacial score (nSPS) is 23.2. The highest BCUT2D eigenvalue weighted by atomic mass is 79.9. The van der Waals surface area contributed by atoms with Crippen molar-refractivity contribution < 1.29 is 8.42 Å². The average molecular weight is 365 g/mol. The van der Waals surface area contributed by atoms with E-state index in [0.717, 1.165) is 19.3 Å². The zero-order valence-electron chi connectivity index (χ0n) is 9.78. The minimum absolute atomic E-state index is 0.163. The monoisotopic (exact) mass is 363 g/mol. The lowest BCUT2D eigenvalue weighted by Crippen LogP contribution is -2.42. The summed E-state index contributed by atoms with van der Waals surface area (Å²) in [6.07, 6.45) is 3.14. The number of hydrogen-bond donors (Lipinski definition) is 2. The lowest BCUT2D eigenvalue weighted by Gasteiger charge is -2.26. The molecular formula is C11H11BrClN3O2S. The van der Waals surface area contributed by atoms with Crippen molar-refractivity contribution in [2.75, 3.05) is 5.32 Å². The summed E-state index contributed by atoms with van der Waals surface area (Å²) in [4.78, 5) is 4.51. The standard InChI is InChI=1S/C11H11BrClN3O2S/c12-7-4-10-9(5-8(7)13)15-11(16-19(10,17)18)14-6-2-1-3-6/h4-6H,1-3H2,(H2,14,15,16). The number of nitrogens with zero attached hydrogens (tertiary/aromatic N) is 1. The SMILES string of the molecule is O=S1(=O)NC(=NC2CCC2)Nc2cc(Cl)c(Br)cc21. The Morgan fingerprint density at radius 1 is 1.37 bits per heavy atom. The Morgan fingerprint density at radius 2 is 2.11 bits per heavy atom. The largest absolute Gasteiger partial charge is 0.324 e. The number of nitrogens with one attached hydrogen (secondary N) is 2. The molecule has 1 aromatic carbocycles. The fourth-order valence-corrected chi connectivity index (χ4v) is 3.74. The van der Waals surface area contributed by atoms with Crippen molar-refractivity contribution in [3.63, 3.8) is 0 Å². The van der Waals surface area contributed by atoms with E-state index in [1.54, 1.807) is 6.07 Å². The third kappa shape index (κ3) is 2.46. The smallest absolute Gasteiger partial charge is 0.266 e.